The molecule has 0 saturated carbocycles. The smallest absolute Gasteiger partial charge is 0.290 e. The van der Waals surface area contributed by atoms with E-state index in [9.17, 15) is 0 Å². The minimum absolute atomic E-state index is 0.00694. The normalized spacial score (nSPS) is 12.2. The van der Waals surface area contributed by atoms with Gasteiger partial charge in [0.05, 0.1) is 12.9 Å². The number of aliphatic hydroxyl groups is 1. The first-order valence-corrected chi connectivity index (χ1v) is 12.0. The second-order valence-corrected chi connectivity index (χ2v) is 8.09. The van der Waals surface area contributed by atoms with Gasteiger partial charge >= 0.3 is 0 Å². The van der Waals surface area contributed by atoms with Crippen LogP contribution in [-0.4, -0.2) is 46.7 Å². The molecule has 0 amide bonds. The summed E-state index contributed by atoms with van der Waals surface area (Å²) in [5, 5.41) is 15.2. The molecule has 2 rings (SSSR count). The Morgan fingerprint density at radius 2 is 1.45 bits per heavy atom. The Morgan fingerprint density at radius 3 is 1.81 bits per heavy atom. The van der Waals surface area contributed by atoms with Crippen molar-refractivity contribution in [1.29, 1.82) is 0 Å². The van der Waals surface area contributed by atoms with Crippen LogP contribution in [0, 0.1) is 0 Å². The molecule has 2 heterocycles. The molecule has 0 aliphatic carbocycles. The number of carboxylic acid groups (broad SMARTS) is 1. The van der Waals surface area contributed by atoms with Crippen molar-refractivity contribution in [2.45, 2.75) is 97.0 Å². The zero-order chi connectivity index (χ0) is 23.0. The third-order valence-electron chi connectivity index (χ3n) is 5.22. The van der Waals surface area contributed by atoms with Crippen LogP contribution in [0.5, 0.6) is 0 Å². The van der Waals surface area contributed by atoms with Crippen LogP contribution in [0.4, 0.5) is 0 Å². The molecule has 6 heteroatoms. The van der Waals surface area contributed by atoms with Crippen molar-refractivity contribution in [1.82, 2.24) is 9.80 Å². The van der Waals surface area contributed by atoms with E-state index in [4.69, 9.17) is 19.4 Å². The molecule has 0 saturated heterocycles. The van der Waals surface area contributed by atoms with Crippen LogP contribution < -0.4 is 0 Å². The number of hydrogen-bond donors (Lipinski definition) is 2. The summed E-state index contributed by atoms with van der Waals surface area (Å²) >= 11 is 0. The summed E-state index contributed by atoms with van der Waals surface area (Å²) in [6.45, 7) is 4.35. The van der Waals surface area contributed by atoms with E-state index >= 15 is 0 Å². The predicted molar refractivity (Wildman–Crippen MR) is 127 cm³/mol. The molecular weight excluding hydrogens is 392 g/mol. The fourth-order valence-electron chi connectivity index (χ4n) is 3.47. The molecule has 1 aromatic heterocycles. The standard InChI is InChI=1S/C19H38N2.C5H6O2.CH2O2/c1-3-4-5-6-7-8-9-10-11-12-13-14-15-16-21-18-17-20(2)19-21;6-4-5-2-1-3-7-5;2-1-3/h17-18H,3-16,19H2,1-2H3;1-3,6H,4H2;1H,(H,2,3). The summed E-state index contributed by atoms with van der Waals surface area (Å²) in [4.78, 5) is 13.0. The van der Waals surface area contributed by atoms with Crippen molar-refractivity contribution in [2.24, 2.45) is 0 Å². The summed E-state index contributed by atoms with van der Waals surface area (Å²) in [5.74, 6) is 0.611. The van der Waals surface area contributed by atoms with Gasteiger partial charge in [0.2, 0.25) is 0 Å². The van der Waals surface area contributed by atoms with Gasteiger partial charge in [-0.15, -0.1) is 0 Å². The van der Waals surface area contributed by atoms with Gasteiger partial charge in [-0.05, 0) is 18.6 Å². The fourth-order valence-corrected chi connectivity index (χ4v) is 3.47. The number of furan rings is 1. The molecule has 0 bridgehead atoms. The highest BCUT2D eigenvalue weighted by molar-refractivity contribution is 5.32. The average molecular weight is 439 g/mol. The Balaban J connectivity index is 0.000000739. The van der Waals surface area contributed by atoms with Gasteiger partial charge in [0, 0.05) is 26.0 Å². The lowest BCUT2D eigenvalue weighted by Crippen LogP contribution is -2.23. The predicted octanol–water partition coefficient (Wildman–Crippen LogP) is 6.23. The van der Waals surface area contributed by atoms with Crippen LogP contribution in [0.2, 0.25) is 0 Å². The highest BCUT2D eigenvalue weighted by Gasteiger charge is 2.06. The fraction of sp³-hybridized carbons (Fsp3) is 0.720. The van der Waals surface area contributed by atoms with E-state index in [1.807, 2.05) is 0 Å². The maximum Gasteiger partial charge on any atom is 0.290 e. The molecule has 1 aromatic rings. The minimum atomic E-state index is -0.250. The number of unbranched alkanes of at least 4 members (excludes halogenated alkanes) is 12. The van der Waals surface area contributed by atoms with Crippen molar-refractivity contribution >= 4 is 6.47 Å². The number of hydrogen-bond acceptors (Lipinski definition) is 5. The second kappa shape index (κ2) is 22.7. The summed E-state index contributed by atoms with van der Waals surface area (Å²) in [6.07, 6.45) is 24.6. The monoisotopic (exact) mass is 438 g/mol. The summed E-state index contributed by atoms with van der Waals surface area (Å²) < 4.78 is 4.73. The van der Waals surface area contributed by atoms with Gasteiger partial charge in [-0.2, -0.15) is 0 Å². The average Bonchev–Trinajstić information content (AvgIpc) is 3.44. The molecule has 2 N–H and O–H groups in total. The second-order valence-electron chi connectivity index (χ2n) is 8.09. The maximum absolute atomic E-state index is 8.36. The van der Waals surface area contributed by atoms with Gasteiger partial charge in [-0.1, -0.05) is 84.0 Å². The molecule has 0 unspecified atom stereocenters. The Morgan fingerprint density at radius 1 is 0.935 bits per heavy atom. The largest absolute Gasteiger partial charge is 0.483 e. The third kappa shape index (κ3) is 19.7. The van der Waals surface area contributed by atoms with Crippen molar-refractivity contribution in [2.75, 3.05) is 20.3 Å². The summed E-state index contributed by atoms with van der Waals surface area (Å²) in [5.41, 5.74) is 0. The lowest BCUT2D eigenvalue weighted by molar-refractivity contribution is -0.122. The van der Waals surface area contributed by atoms with Crippen LogP contribution >= 0.6 is 0 Å². The minimum Gasteiger partial charge on any atom is -0.483 e. The van der Waals surface area contributed by atoms with Gasteiger partial charge in [-0.3, -0.25) is 4.79 Å². The van der Waals surface area contributed by atoms with Gasteiger partial charge in [0.15, 0.2) is 0 Å². The first-order valence-electron chi connectivity index (χ1n) is 12.0. The van der Waals surface area contributed by atoms with E-state index in [1.165, 1.54) is 96.3 Å². The first-order chi connectivity index (χ1) is 15.2. The summed E-state index contributed by atoms with van der Waals surface area (Å²) in [7, 11) is 2.14. The Hall–Kier alpha value is -1.95. The number of rotatable bonds is 15. The van der Waals surface area contributed by atoms with E-state index in [2.05, 4.69) is 36.2 Å². The van der Waals surface area contributed by atoms with Gasteiger partial charge in [0.25, 0.3) is 6.47 Å². The molecule has 6 nitrogen and oxygen atoms in total. The Bertz CT molecular complexity index is 506. The van der Waals surface area contributed by atoms with Crippen LogP contribution in [0.1, 0.15) is 96.2 Å². The van der Waals surface area contributed by atoms with Crippen molar-refractivity contribution < 1.29 is 19.4 Å². The Kier molecular flexibility index (Phi) is 21.3. The van der Waals surface area contributed by atoms with E-state index in [0.29, 0.717) is 5.76 Å². The van der Waals surface area contributed by atoms with Crippen LogP contribution in [0.25, 0.3) is 0 Å². The molecule has 0 radical (unpaired) electrons. The van der Waals surface area contributed by atoms with Crippen molar-refractivity contribution in [3.8, 4) is 0 Å². The first kappa shape index (κ1) is 29.1. The lowest BCUT2D eigenvalue weighted by atomic mass is 10.0. The number of aliphatic hydroxyl groups excluding tert-OH is 1. The van der Waals surface area contributed by atoms with Gasteiger partial charge in [-0.25, -0.2) is 0 Å². The third-order valence-corrected chi connectivity index (χ3v) is 5.22. The molecule has 0 spiro atoms. The van der Waals surface area contributed by atoms with E-state index in [-0.39, 0.29) is 13.1 Å². The van der Waals surface area contributed by atoms with Crippen LogP contribution in [0.3, 0.4) is 0 Å². The van der Waals surface area contributed by atoms with E-state index < -0.39 is 0 Å². The molecule has 0 fully saturated rings. The molecule has 1 aliphatic rings. The molecular formula is C25H46N2O4. The van der Waals surface area contributed by atoms with Crippen LogP contribution in [0.15, 0.2) is 35.2 Å². The zero-order valence-electron chi connectivity index (χ0n) is 19.9. The van der Waals surface area contributed by atoms with Crippen LogP contribution in [-0.2, 0) is 11.4 Å². The van der Waals surface area contributed by atoms with Crippen molar-refractivity contribution in [3.05, 3.63) is 36.6 Å². The highest BCUT2D eigenvalue weighted by Crippen LogP contribution is 2.13. The Labute approximate surface area is 189 Å². The van der Waals surface area contributed by atoms with E-state index in [1.54, 1.807) is 12.1 Å². The SMILES string of the molecule is CCCCCCCCCCCCCCCN1C=CN(C)C1.O=CO.OCc1ccco1. The number of carbonyl (C=O) groups is 1. The zero-order valence-corrected chi connectivity index (χ0v) is 19.9. The highest BCUT2D eigenvalue weighted by atomic mass is 16.4. The topological polar surface area (TPSA) is 77.2 Å². The molecule has 0 atom stereocenters. The van der Waals surface area contributed by atoms with Gasteiger partial charge in [0.1, 0.15) is 12.4 Å². The molecule has 31 heavy (non-hydrogen) atoms. The van der Waals surface area contributed by atoms with E-state index in [0.717, 1.165) is 6.67 Å². The maximum atomic E-state index is 8.36. The molecule has 1 aliphatic heterocycles. The summed E-state index contributed by atoms with van der Waals surface area (Å²) in [6, 6.07) is 3.46. The molecule has 180 valence electrons. The number of nitrogens with zero attached hydrogens (tertiary/aromatic N) is 2. The van der Waals surface area contributed by atoms with Crippen molar-refractivity contribution in [3.63, 3.8) is 0 Å². The molecule has 0 aromatic carbocycles. The quantitative estimate of drug-likeness (QED) is 0.250. The lowest BCUT2D eigenvalue weighted by Gasteiger charge is -2.17. The van der Waals surface area contributed by atoms with Gasteiger partial charge < -0.3 is 24.4 Å².